The number of fused-ring (bicyclic) bond motifs is 6. The first kappa shape index (κ1) is 48.6. The summed E-state index contributed by atoms with van der Waals surface area (Å²) in [6.45, 7) is 8.73. The molecule has 4 aromatic heterocycles. The molecule has 0 amide bonds. The van der Waals surface area contributed by atoms with Crippen LogP contribution in [0, 0.1) is 13.8 Å². The molecule has 0 bridgehead atoms. The van der Waals surface area contributed by atoms with Crippen LogP contribution in [-0.4, -0.2) is 42.0 Å². The molecule has 71 heavy (non-hydrogen) atoms. The number of nitrogens with zero attached hydrogens (tertiary/aromatic N) is 2. The number of hydrogen-bond donors (Lipinski definition) is 2. The third kappa shape index (κ3) is 10.3. The maximum absolute atomic E-state index is 11.7. The monoisotopic (exact) mass is 1040 g/mol. The first-order valence-corrected chi connectivity index (χ1v) is 25.1. The van der Waals surface area contributed by atoms with Gasteiger partial charge in [-0.3, -0.25) is 0 Å². The largest absolute Gasteiger partial charge is 0.582 e. The molecule has 0 saturated heterocycles. The van der Waals surface area contributed by atoms with Crippen molar-refractivity contribution in [2.24, 2.45) is 0 Å². The number of aromatic hydroxyl groups is 4. The van der Waals surface area contributed by atoms with E-state index >= 15 is 0 Å². The first-order chi connectivity index (χ1) is 34.5. The molecule has 4 N–H and O–H groups in total. The summed E-state index contributed by atoms with van der Waals surface area (Å²) in [7, 11) is 0. The zero-order chi connectivity index (χ0) is 47.8. The zero-order valence-electron chi connectivity index (χ0n) is 39.0. The van der Waals surface area contributed by atoms with Crippen LogP contribution in [0.3, 0.4) is 0 Å². The van der Waals surface area contributed by atoms with Crippen LogP contribution in [0.4, 0.5) is 0 Å². The number of benzene rings is 8. The number of ether oxygens (including phenoxy) is 2. The van der Waals surface area contributed by atoms with E-state index in [1.54, 1.807) is 22.7 Å². The molecule has 0 atom stereocenters. The first-order valence-electron chi connectivity index (χ1n) is 23.3. The standard InChI is InChI=1S/C48H36N2O4S2.2C7H7.Zr/c51-45-41(49-37-21-7-1-15-31(37)32-16-2-8-22-38(32)49)29-55-47(45)35-19-5-11-25-43(35)53-27-13-14-28-54-44-26-12-6-20-36(44)48-46(52)42(30-56-48)50-39-23-9-3-17-33(39)34-18-4-10-24-40(34)50;2*1-7-5-3-2-4-6-7;/h1-12,15-26,29-30,51-52H,13-14,27-28H2;2*2-6H,1H2;/q;2*-1;/p+2. The summed E-state index contributed by atoms with van der Waals surface area (Å²) in [6.07, 6.45) is 1.73. The molecule has 8 aromatic carbocycles. The third-order valence-electron chi connectivity index (χ3n) is 12.2. The van der Waals surface area contributed by atoms with Crippen molar-refractivity contribution < 1.29 is 45.9 Å². The summed E-state index contributed by atoms with van der Waals surface area (Å²) in [5, 5.41) is 32.2. The van der Waals surface area contributed by atoms with Gasteiger partial charge in [-0.05, 0) is 36.4 Å². The van der Waals surface area contributed by atoms with Crippen LogP contribution in [-0.2, 0) is 26.2 Å². The molecule has 0 aliphatic carbocycles. The molecule has 0 aliphatic heterocycles. The second-order valence-electron chi connectivity index (χ2n) is 16.8. The number of unbranched alkanes of at least 4 members (excludes halogenated alkanes) is 1. The molecule has 0 radical (unpaired) electrons. The fraction of sp³-hybridized carbons (Fsp3) is 0.0645. The molecule has 0 spiro atoms. The summed E-state index contributed by atoms with van der Waals surface area (Å²) in [5.41, 5.74) is 9.81. The van der Waals surface area contributed by atoms with E-state index in [-0.39, 0.29) is 37.7 Å². The van der Waals surface area contributed by atoms with E-state index in [2.05, 4.69) is 95.8 Å². The van der Waals surface area contributed by atoms with Crippen molar-refractivity contribution in [2.45, 2.75) is 12.8 Å². The van der Waals surface area contributed by atoms with Crippen LogP contribution in [0.2, 0.25) is 0 Å². The van der Waals surface area contributed by atoms with E-state index in [1.165, 1.54) is 0 Å². The van der Waals surface area contributed by atoms with E-state index < -0.39 is 0 Å². The molecule has 0 unspecified atom stereocenters. The van der Waals surface area contributed by atoms with Crippen LogP contribution >= 0.6 is 22.7 Å². The SMILES string of the molecule is Oc1c(-n2c3ccccc3c3ccccc32)csc1-c1ccccc1[OH+]CCCC[OH+]c1ccccc1-c1scc(-n2c3ccccc3c3ccccc32)c1O.[CH2-]c1ccccc1.[CH2-]c1ccccc1.[Zr]. The van der Waals surface area contributed by atoms with Crippen molar-refractivity contribution in [3.05, 3.63) is 242 Å². The summed E-state index contributed by atoms with van der Waals surface area (Å²) in [4.78, 5) is 1.62. The molecule has 0 fully saturated rings. The average Bonchev–Trinajstić information content (AvgIpc) is 4.16. The molecule has 350 valence electrons. The van der Waals surface area contributed by atoms with Crippen molar-refractivity contribution in [2.75, 3.05) is 13.2 Å². The Balaban J connectivity index is 0.000000360. The van der Waals surface area contributed by atoms with Gasteiger partial charge in [0.15, 0.2) is 24.7 Å². The smallest absolute Gasteiger partial charge is 0.263 e. The Morgan fingerprint density at radius 3 is 1.00 bits per heavy atom. The van der Waals surface area contributed by atoms with Gasteiger partial charge in [-0.25, -0.2) is 0 Å². The quantitative estimate of drug-likeness (QED) is 0.0769. The summed E-state index contributed by atoms with van der Waals surface area (Å²) in [6, 6.07) is 69.3. The maximum atomic E-state index is 11.7. The number of aliphatic hydroxyl groups is 2. The van der Waals surface area contributed by atoms with Crippen molar-refractivity contribution in [1.29, 1.82) is 0 Å². The molecule has 4 heterocycles. The van der Waals surface area contributed by atoms with Crippen LogP contribution in [0.1, 0.15) is 24.0 Å². The van der Waals surface area contributed by atoms with E-state index in [0.29, 0.717) is 13.2 Å². The summed E-state index contributed by atoms with van der Waals surface area (Å²) >= 11 is 3.08. The van der Waals surface area contributed by atoms with Gasteiger partial charge in [0.25, 0.3) is 11.5 Å². The molecule has 0 saturated carbocycles. The van der Waals surface area contributed by atoms with Gasteiger partial charge in [0.1, 0.15) is 0 Å². The van der Waals surface area contributed by atoms with Gasteiger partial charge in [-0.2, -0.15) is 49.2 Å². The Hall–Kier alpha value is -7.42. The predicted molar refractivity (Wildman–Crippen MR) is 296 cm³/mol. The molecule has 6 nitrogen and oxygen atoms in total. The molecular weight excluding hydrogens is 992 g/mol. The van der Waals surface area contributed by atoms with Crippen molar-refractivity contribution >= 4 is 66.3 Å². The Morgan fingerprint density at radius 2 is 0.676 bits per heavy atom. The number of rotatable bonds is 11. The van der Waals surface area contributed by atoms with Crippen LogP contribution in [0.5, 0.6) is 23.0 Å². The Bertz CT molecular complexity index is 3340. The van der Waals surface area contributed by atoms with Crippen LogP contribution in [0.25, 0.3) is 75.9 Å². The minimum atomic E-state index is 0. The van der Waals surface area contributed by atoms with Crippen molar-refractivity contribution in [3.8, 4) is 55.3 Å². The summed E-state index contributed by atoms with van der Waals surface area (Å²) < 4.78 is 14.3. The van der Waals surface area contributed by atoms with Gasteiger partial charge >= 0.3 is 0 Å². The Morgan fingerprint density at radius 1 is 0.380 bits per heavy atom. The van der Waals surface area contributed by atoms with Gasteiger partial charge in [0, 0.05) is 83.5 Å². The predicted octanol–water partition coefficient (Wildman–Crippen LogP) is 16.4. The molecule has 0 aliphatic rings. The minimum absolute atomic E-state index is 0. The zero-order valence-corrected chi connectivity index (χ0v) is 43.1. The number of thiophene rings is 2. The Kier molecular flexibility index (Phi) is 15.4. The van der Waals surface area contributed by atoms with E-state index in [4.69, 9.17) is 9.47 Å². The average molecular weight is 1040 g/mol. The van der Waals surface area contributed by atoms with Gasteiger partial charge in [-0.1, -0.05) is 109 Å². The fourth-order valence-electron chi connectivity index (χ4n) is 8.93. The minimum Gasteiger partial charge on any atom is -0.582 e. The molecule has 9 heteroatoms. The van der Waals surface area contributed by atoms with Gasteiger partial charge in [-0.15, -0.1) is 46.9 Å². The van der Waals surface area contributed by atoms with Crippen molar-refractivity contribution in [3.63, 3.8) is 0 Å². The Labute approximate surface area is 441 Å². The molecule has 12 aromatic rings. The van der Waals surface area contributed by atoms with E-state index in [0.717, 1.165) is 111 Å². The maximum Gasteiger partial charge on any atom is 0.263 e. The van der Waals surface area contributed by atoms with Gasteiger partial charge in [0.2, 0.25) is 0 Å². The second-order valence-corrected chi connectivity index (χ2v) is 18.6. The van der Waals surface area contributed by atoms with E-state index in [9.17, 15) is 10.2 Å². The number of para-hydroxylation sites is 6. The van der Waals surface area contributed by atoms with Gasteiger partial charge < -0.3 is 28.8 Å². The van der Waals surface area contributed by atoms with E-state index in [1.807, 2.05) is 144 Å². The third-order valence-corrected chi connectivity index (χ3v) is 14.2. The molecule has 12 rings (SSSR count). The normalized spacial score (nSPS) is 10.9. The summed E-state index contributed by atoms with van der Waals surface area (Å²) in [5.74, 6) is 2.27. The topological polar surface area (TPSA) is 75.9 Å². The van der Waals surface area contributed by atoms with Gasteiger partial charge in [0.05, 0.1) is 54.3 Å². The van der Waals surface area contributed by atoms with Crippen LogP contribution in [0.15, 0.2) is 217 Å². The molecular formula is C62H52N2O4S2Zr. The van der Waals surface area contributed by atoms with Crippen LogP contribution < -0.4 is 0 Å². The van der Waals surface area contributed by atoms with Crippen molar-refractivity contribution in [1.82, 2.24) is 9.13 Å². The number of aromatic nitrogens is 2. The number of hydrogen-bond acceptors (Lipinski definition) is 4. The second kappa shape index (κ2) is 22.6. The fourth-order valence-corrected chi connectivity index (χ4v) is 10.9.